The van der Waals surface area contributed by atoms with Crippen molar-refractivity contribution >= 4 is 27.5 Å². The predicted molar refractivity (Wildman–Crippen MR) is 111 cm³/mol. The number of fused-ring (bicyclic) bond motifs is 1. The van der Waals surface area contributed by atoms with Crippen molar-refractivity contribution in [3.05, 3.63) is 28.8 Å². The second kappa shape index (κ2) is 8.06. The Morgan fingerprint density at radius 2 is 2.21 bits per heavy atom. The zero-order chi connectivity index (χ0) is 19.7. The van der Waals surface area contributed by atoms with Crippen LogP contribution in [0, 0.1) is 0 Å². The van der Waals surface area contributed by atoms with Crippen molar-refractivity contribution in [3.8, 4) is 0 Å². The Kier molecular flexibility index (Phi) is 5.69. The Morgan fingerprint density at radius 1 is 1.43 bits per heavy atom. The van der Waals surface area contributed by atoms with Crippen LogP contribution in [-0.4, -0.2) is 78.3 Å². The smallest absolute Gasteiger partial charge is 0.263 e. The van der Waals surface area contributed by atoms with E-state index in [4.69, 9.17) is 4.74 Å². The van der Waals surface area contributed by atoms with Gasteiger partial charge in [-0.25, -0.2) is 4.98 Å². The molecule has 2 aromatic rings. The first-order valence-electron chi connectivity index (χ1n) is 10.1. The van der Waals surface area contributed by atoms with Gasteiger partial charge in [-0.1, -0.05) is 6.07 Å². The highest BCUT2D eigenvalue weighted by Crippen LogP contribution is 2.40. The molecular weight excluding hydrogens is 374 g/mol. The molecule has 0 aromatic carbocycles. The standard InChI is InChI=1S/C21H29N3O3S/c1-23(2)20(25)18-17(16-6-3-9-22-19(16)28-18)15-5-4-10-24(13-15)14-21(26)7-11-27-12-8-21/h3,6,9,15,26H,4-5,7-8,10-14H2,1-2H3. The van der Waals surface area contributed by atoms with Crippen LogP contribution >= 0.6 is 11.3 Å². The maximum absolute atomic E-state index is 12.9. The number of hydrogen-bond acceptors (Lipinski definition) is 6. The van der Waals surface area contributed by atoms with Crippen LogP contribution in [0.25, 0.3) is 10.2 Å². The molecule has 0 spiro atoms. The van der Waals surface area contributed by atoms with E-state index in [1.807, 2.05) is 6.07 Å². The number of β-amino-alcohol motifs (C(OH)–C–C–N with tert-alkyl or cyclic N) is 1. The van der Waals surface area contributed by atoms with E-state index in [1.54, 1.807) is 25.2 Å². The third-order valence-electron chi connectivity index (χ3n) is 5.96. The first-order chi connectivity index (χ1) is 13.5. The van der Waals surface area contributed by atoms with Crippen LogP contribution in [0.3, 0.4) is 0 Å². The molecule has 1 atom stereocenters. The van der Waals surface area contributed by atoms with Crippen LogP contribution in [0.15, 0.2) is 18.3 Å². The molecule has 1 unspecified atom stereocenters. The van der Waals surface area contributed by atoms with Gasteiger partial charge < -0.3 is 14.7 Å². The lowest BCUT2D eigenvalue weighted by Gasteiger charge is -2.40. The molecule has 28 heavy (non-hydrogen) atoms. The second-order valence-corrected chi connectivity index (χ2v) is 9.31. The Labute approximate surface area is 170 Å². The topological polar surface area (TPSA) is 65.9 Å². The van der Waals surface area contributed by atoms with Crippen LogP contribution in [-0.2, 0) is 4.74 Å². The Bertz CT molecular complexity index is 845. The van der Waals surface area contributed by atoms with Gasteiger partial charge >= 0.3 is 0 Å². The number of carbonyl (C=O) groups excluding carboxylic acids is 1. The second-order valence-electron chi connectivity index (χ2n) is 8.31. The van der Waals surface area contributed by atoms with Crippen LogP contribution in [0.2, 0.25) is 0 Å². The van der Waals surface area contributed by atoms with Gasteiger partial charge in [0.05, 0.1) is 10.5 Å². The maximum Gasteiger partial charge on any atom is 0.263 e. The fraction of sp³-hybridized carbons (Fsp3) is 0.619. The summed E-state index contributed by atoms with van der Waals surface area (Å²) in [4.78, 5) is 23.2. The summed E-state index contributed by atoms with van der Waals surface area (Å²) in [6.07, 6.45) is 5.32. The molecule has 7 heteroatoms. The molecule has 4 rings (SSSR count). The minimum Gasteiger partial charge on any atom is -0.388 e. The molecule has 2 aromatic heterocycles. The minimum atomic E-state index is -0.652. The molecule has 0 aliphatic carbocycles. The fourth-order valence-corrected chi connectivity index (χ4v) is 5.73. The number of amides is 1. The number of rotatable bonds is 4. The summed E-state index contributed by atoms with van der Waals surface area (Å²) in [5.74, 6) is 0.340. The number of carbonyl (C=O) groups is 1. The van der Waals surface area contributed by atoms with E-state index in [9.17, 15) is 9.90 Å². The molecule has 1 amide bonds. The summed E-state index contributed by atoms with van der Waals surface area (Å²) < 4.78 is 5.42. The molecule has 6 nitrogen and oxygen atoms in total. The first kappa shape index (κ1) is 19.8. The minimum absolute atomic E-state index is 0.0539. The number of pyridine rings is 1. The van der Waals surface area contributed by atoms with Crippen molar-refractivity contribution < 1.29 is 14.6 Å². The van der Waals surface area contributed by atoms with Gasteiger partial charge in [-0.3, -0.25) is 9.69 Å². The number of ether oxygens (including phenoxy) is 1. The van der Waals surface area contributed by atoms with Crippen molar-refractivity contribution in [2.24, 2.45) is 0 Å². The quantitative estimate of drug-likeness (QED) is 0.850. The van der Waals surface area contributed by atoms with Crippen LogP contribution in [0.4, 0.5) is 0 Å². The number of aliphatic hydroxyl groups is 1. The van der Waals surface area contributed by atoms with Gasteiger partial charge in [0.15, 0.2) is 0 Å². The normalized spacial score (nSPS) is 23.0. The molecule has 0 radical (unpaired) electrons. The van der Waals surface area contributed by atoms with Crippen molar-refractivity contribution in [3.63, 3.8) is 0 Å². The summed E-state index contributed by atoms with van der Waals surface area (Å²) in [5.41, 5.74) is 0.496. The van der Waals surface area contributed by atoms with Crippen LogP contribution in [0.5, 0.6) is 0 Å². The van der Waals surface area contributed by atoms with Crippen molar-refractivity contribution in [2.75, 3.05) is 46.9 Å². The van der Waals surface area contributed by atoms with E-state index in [1.165, 1.54) is 11.3 Å². The molecule has 1 N–H and O–H groups in total. The SMILES string of the molecule is CN(C)C(=O)c1sc2ncccc2c1C1CCCN(CC2(O)CCOCC2)C1. The molecule has 0 bridgehead atoms. The van der Waals surface area contributed by atoms with Gasteiger partial charge in [-0.2, -0.15) is 0 Å². The van der Waals surface area contributed by atoms with Gasteiger partial charge in [0, 0.05) is 64.8 Å². The lowest BCUT2D eigenvalue weighted by Crippen LogP contribution is -2.49. The van der Waals surface area contributed by atoms with E-state index in [2.05, 4.69) is 16.0 Å². The molecule has 4 heterocycles. The Morgan fingerprint density at radius 3 is 2.96 bits per heavy atom. The average Bonchev–Trinajstić information content (AvgIpc) is 3.07. The predicted octanol–water partition coefficient (Wildman–Crippen LogP) is 2.72. The molecule has 0 saturated carbocycles. The van der Waals surface area contributed by atoms with Crippen LogP contribution in [0.1, 0.15) is 46.8 Å². The summed E-state index contributed by atoms with van der Waals surface area (Å²) in [6.45, 7) is 3.82. The molecule has 2 aliphatic rings. The molecule has 2 aliphatic heterocycles. The molecule has 152 valence electrons. The summed E-state index contributed by atoms with van der Waals surface area (Å²) in [5, 5.41) is 12.0. The number of likely N-dealkylation sites (tertiary alicyclic amines) is 1. The zero-order valence-corrected chi connectivity index (χ0v) is 17.5. The highest BCUT2D eigenvalue weighted by atomic mass is 32.1. The average molecular weight is 404 g/mol. The summed E-state index contributed by atoms with van der Waals surface area (Å²) in [6, 6.07) is 4.04. The van der Waals surface area contributed by atoms with E-state index in [0.717, 1.165) is 46.6 Å². The van der Waals surface area contributed by atoms with Crippen molar-refractivity contribution in [1.29, 1.82) is 0 Å². The van der Waals surface area contributed by atoms with Crippen LogP contribution < -0.4 is 0 Å². The van der Waals surface area contributed by atoms with Gasteiger partial charge in [0.25, 0.3) is 5.91 Å². The number of thiophene rings is 1. The zero-order valence-electron chi connectivity index (χ0n) is 16.7. The number of hydrogen-bond donors (Lipinski definition) is 1. The van der Waals surface area contributed by atoms with Gasteiger partial charge in [-0.15, -0.1) is 11.3 Å². The Balaban J connectivity index is 1.62. The lowest BCUT2D eigenvalue weighted by molar-refractivity contribution is -0.0824. The number of piperidine rings is 1. The van der Waals surface area contributed by atoms with Crippen molar-refractivity contribution in [2.45, 2.75) is 37.2 Å². The lowest BCUT2D eigenvalue weighted by atomic mass is 9.87. The molecule has 2 fully saturated rings. The summed E-state index contributed by atoms with van der Waals surface area (Å²) in [7, 11) is 3.61. The van der Waals surface area contributed by atoms with Crippen molar-refractivity contribution in [1.82, 2.24) is 14.8 Å². The largest absolute Gasteiger partial charge is 0.388 e. The highest BCUT2D eigenvalue weighted by Gasteiger charge is 2.35. The number of aromatic nitrogens is 1. The monoisotopic (exact) mass is 403 g/mol. The number of nitrogens with zero attached hydrogens (tertiary/aromatic N) is 3. The third-order valence-corrected chi connectivity index (χ3v) is 7.08. The third kappa shape index (κ3) is 3.94. The van der Waals surface area contributed by atoms with E-state index in [-0.39, 0.29) is 11.8 Å². The maximum atomic E-state index is 12.9. The molecular formula is C21H29N3O3S. The molecule has 2 saturated heterocycles. The Hall–Kier alpha value is -1.54. The van der Waals surface area contributed by atoms with Gasteiger partial charge in [-0.05, 0) is 36.9 Å². The van der Waals surface area contributed by atoms with E-state index in [0.29, 0.717) is 32.6 Å². The fourth-order valence-electron chi connectivity index (χ4n) is 4.48. The highest BCUT2D eigenvalue weighted by molar-refractivity contribution is 7.20. The van der Waals surface area contributed by atoms with E-state index >= 15 is 0 Å². The summed E-state index contributed by atoms with van der Waals surface area (Å²) >= 11 is 1.50. The van der Waals surface area contributed by atoms with E-state index < -0.39 is 5.60 Å². The van der Waals surface area contributed by atoms with Gasteiger partial charge in [0.1, 0.15) is 4.83 Å². The van der Waals surface area contributed by atoms with Gasteiger partial charge in [0.2, 0.25) is 0 Å². The first-order valence-corrected chi connectivity index (χ1v) is 10.9.